The van der Waals surface area contributed by atoms with Crippen LogP contribution in [0.2, 0.25) is 0 Å². The molecule has 16 heteroatoms. The lowest BCUT2D eigenvalue weighted by atomic mass is 10.0. The van der Waals surface area contributed by atoms with Gasteiger partial charge in [0.25, 0.3) is 5.91 Å². The van der Waals surface area contributed by atoms with E-state index in [1.807, 2.05) is 54.6 Å². The summed E-state index contributed by atoms with van der Waals surface area (Å²) < 4.78 is 0. The molecule has 0 aliphatic carbocycles. The number of benzene rings is 2. The zero-order valence-corrected chi connectivity index (χ0v) is 27.4. The second-order valence-corrected chi connectivity index (χ2v) is 11.4. The molecule has 0 bridgehead atoms. The van der Waals surface area contributed by atoms with Gasteiger partial charge in [-0.05, 0) is 36.0 Å². The van der Waals surface area contributed by atoms with E-state index in [4.69, 9.17) is 21.1 Å². The summed E-state index contributed by atoms with van der Waals surface area (Å²) >= 11 is 0. The van der Waals surface area contributed by atoms with Gasteiger partial charge in [-0.15, -0.1) is 0 Å². The van der Waals surface area contributed by atoms with Crippen molar-refractivity contribution in [2.24, 2.45) is 5.73 Å². The summed E-state index contributed by atoms with van der Waals surface area (Å²) in [6.45, 7) is -0.184. The van der Waals surface area contributed by atoms with Crippen molar-refractivity contribution in [3.05, 3.63) is 60.2 Å². The second kappa shape index (κ2) is 22.6. The van der Waals surface area contributed by atoms with Crippen LogP contribution in [-0.2, 0) is 35.2 Å². The molecular weight excluding hydrogens is 638 g/mol. The van der Waals surface area contributed by atoms with Crippen molar-refractivity contribution in [2.45, 2.75) is 38.1 Å². The SMILES string of the molecule is N[C@H](Cc1ccc(-c2ccccc2)cc1)C(=O)NNC(=O)CCCCCNC(=O)CN(CCNCC(=O)O)CCN(CC(=O)O)CC(=O)O. The highest BCUT2D eigenvalue weighted by Crippen LogP contribution is 2.19. The van der Waals surface area contributed by atoms with Crippen LogP contribution >= 0.6 is 0 Å². The molecule has 9 N–H and O–H groups in total. The summed E-state index contributed by atoms with van der Waals surface area (Å²) in [5.74, 6) is -4.60. The molecule has 2 aromatic carbocycles. The zero-order chi connectivity index (χ0) is 36.0. The largest absolute Gasteiger partial charge is 0.480 e. The van der Waals surface area contributed by atoms with E-state index in [-0.39, 0.29) is 57.5 Å². The molecule has 49 heavy (non-hydrogen) atoms. The molecule has 16 nitrogen and oxygen atoms in total. The summed E-state index contributed by atoms with van der Waals surface area (Å²) in [6, 6.07) is 16.8. The standard InChI is InChI=1S/C33H47N7O9/c34-27(19-24-10-12-26(13-11-24)25-7-3-1-4-8-25)33(49)38-37-28(41)9-5-2-6-14-36-29(42)21-39(16-15-35-20-30(43)44)17-18-40(22-31(45)46)23-32(47)48/h1,3-4,7-8,10-13,27,35H,2,5-6,9,14-23,34H2,(H,36,42)(H,37,41)(H,38,49)(H,43,44)(H,45,46)(H,47,48)/t27-/m1/s1. The van der Waals surface area contributed by atoms with Crippen molar-refractivity contribution in [3.8, 4) is 11.1 Å². The van der Waals surface area contributed by atoms with Crippen LogP contribution in [0.4, 0.5) is 0 Å². The van der Waals surface area contributed by atoms with Gasteiger partial charge in [-0.3, -0.25) is 49.4 Å². The van der Waals surface area contributed by atoms with Crippen LogP contribution in [0.3, 0.4) is 0 Å². The number of amides is 3. The van der Waals surface area contributed by atoms with Gasteiger partial charge >= 0.3 is 17.9 Å². The lowest BCUT2D eigenvalue weighted by Gasteiger charge is -2.25. The average Bonchev–Trinajstić information content (AvgIpc) is 3.05. The number of unbranched alkanes of at least 4 members (excludes halogenated alkanes) is 2. The van der Waals surface area contributed by atoms with Crippen molar-refractivity contribution >= 4 is 35.6 Å². The third-order valence-corrected chi connectivity index (χ3v) is 7.28. The molecule has 0 fully saturated rings. The number of hydrazine groups is 1. The Kier molecular flexibility index (Phi) is 18.6. The van der Waals surface area contributed by atoms with Crippen LogP contribution in [-0.4, -0.2) is 126 Å². The van der Waals surface area contributed by atoms with E-state index in [0.29, 0.717) is 32.2 Å². The Labute approximate surface area is 285 Å². The van der Waals surface area contributed by atoms with Gasteiger partial charge in [-0.25, -0.2) is 0 Å². The number of aliphatic carboxylic acids is 3. The van der Waals surface area contributed by atoms with Gasteiger partial charge in [-0.1, -0.05) is 61.0 Å². The first-order chi connectivity index (χ1) is 23.4. The number of nitrogens with one attached hydrogen (secondary N) is 4. The fourth-order valence-corrected chi connectivity index (χ4v) is 4.75. The minimum Gasteiger partial charge on any atom is -0.480 e. The minimum absolute atomic E-state index is 0.0635. The highest BCUT2D eigenvalue weighted by Gasteiger charge is 2.18. The van der Waals surface area contributed by atoms with Crippen LogP contribution < -0.4 is 27.2 Å². The third-order valence-electron chi connectivity index (χ3n) is 7.28. The first-order valence-electron chi connectivity index (χ1n) is 16.0. The predicted octanol–water partition coefficient (Wildman–Crippen LogP) is -0.505. The van der Waals surface area contributed by atoms with Gasteiger partial charge in [0.05, 0.1) is 32.2 Å². The number of nitrogens with two attached hydrogens (primary N) is 1. The summed E-state index contributed by atoms with van der Waals surface area (Å²) in [4.78, 5) is 72.9. The molecule has 2 aromatic rings. The molecule has 268 valence electrons. The Morgan fingerprint density at radius 3 is 1.92 bits per heavy atom. The predicted molar refractivity (Wildman–Crippen MR) is 180 cm³/mol. The van der Waals surface area contributed by atoms with Crippen LogP contribution in [0.15, 0.2) is 54.6 Å². The van der Waals surface area contributed by atoms with Gasteiger partial charge in [-0.2, -0.15) is 0 Å². The number of carbonyl (C=O) groups is 6. The third kappa shape index (κ3) is 18.3. The van der Waals surface area contributed by atoms with Gasteiger partial charge in [0.15, 0.2) is 0 Å². The molecule has 0 aromatic heterocycles. The quantitative estimate of drug-likeness (QED) is 0.0514. The minimum atomic E-state index is -1.18. The smallest absolute Gasteiger partial charge is 0.317 e. The average molecular weight is 686 g/mol. The van der Waals surface area contributed by atoms with Crippen LogP contribution in [0.25, 0.3) is 11.1 Å². The van der Waals surface area contributed by atoms with Crippen molar-refractivity contribution in [1.82, 2.24) is 31.3 Å². The monoisotopic (exact) mass is 685 g/mol. The number of carbonyl (C=O) groups excluding carboxylic acids is 3. The van der Waals surface area contributed by atoms with E-state index < -0.39 is 42.9 Å². The highest BCUT2D eigenvalue weighted by atomic mass is 16.4. The maximum absolute atomic E-state index is 12.5. The lowest BCUT2D eigenvalue weighted by Crippen LogP contribution is -2.50. The Hall–Kier alpha value is -4.90. The van der Waals surface area contributed by atoms with Gasteiger partial charge in [0.1, 0.15) is 0 Å². The summed E-state index contributed by atoms with van der Waals surface area (Å²) in [6.07, 6.45) is 2.19. The molecular formula is C33H47N7O9. The van der Waals surface area contributed by atoms with Crippen LogP contribution in [0.1, 0.15) is 31.2 Å². The molecule has 0 heterocycles. The Bertz CT molecular complexity index is 1340. The molecule has 0 radical (unpaired) electrons. The van der Waals surface area contributed by atoms with E-state index >= 15 is 0 Å². The fraction of sp³-hybridized carbons (Fsp3) is 0.455. The zero-order valence-electron chi connectivity index (χ0n) is 27.4. The van der Waals surface area contributed by atoms with E-state index in [1.54, 1.807) is 4.90 Å². The number of carboxylic acids is 3. The summed E-state index contributed by atoms with van der Waals surface area (Å²) in [7, 11) is 0. The maximum Gasteiger partial charge on any atom is 0.317 e. The van der Waals surface area contributed by atoms with E-state index in [2.05, 4.69) is 21.5 Å². The molecule has 3 amide bonds. The molecule has 0 aliphatic rings. The van der Waals surface area contributed by atoms with Gasteiger partial charge in [0, 0.05) is 39.1 Å². The molecule has 1 atom stereocenters. The van der Waals surface area contributed by atoms with Crippen molar-refractivity contribution in [2.75, 3.05) is 58.9 Å². The summed E-state index contributed by atoms with van der Waals surface area (Å²) in [5.41, 5.74) is 13.8. The number of hydrogen-bond donors (Lipinski definition) is 8. The molecule has 0 aliphatic heterocycles. The highest BCUT2D eigenvalue weighted by molar-refractivity contribution is 5.85. The van der Waals surface area contributed by atoms with Crippen molar-refractivity contribution in [3.63, 3.8) is 0 Å². The second-order valence-electron chi connectivity index (χ2n) is 11.4. The molecule has 0 saturated carbocycles. The number of carboxylic acid groups (broad SMARTS) is 3. The van der Waals surface area contributed by atoms with Gasteiger partial charge < -0.3 is 31.7 Å². The molecule has 0 unspecified atom stereocenters. The summed E-state index contributed by atoms with van der Waals surface area (Å²) in [5, 5.41) is 32.4. The lowest BCUT2D eigenvalue weighted by molar-refractivity contribution is -0.142. The maximum atomic E-state index is 12.5. The number of hydrogen-bond acceptors (Lipinski definition) is 10. The number of nitrogens with zero attached hydrogens (tertiary/aromatic N) is 2. The van der Waals surface area contributed by atoms with E-state index in [0.717, 1.165) is 16.7 Å². The first-order valence-corrected chi connectivity index (χ1v) is 16.0. The topological polar surface area (TPSA) is 244 Å². The Balaban J connectivity index is 1.65. The van der Waals surface area contributed by atoms with Gasteiger partial charge in [0.2, 0.25) is 11.8 Å². The molecule has 0 spiro atoms. The van der Waals surface area contributed by atoms with Crippen LogP contribution in [0.5, 0.6) is 0 Å². The molecule has 0 saturated heterocycles. The van der Waals surface area contributed by atoms with Crippen molar-refractivity contribution < 1.29 is 44.1 Å². The Morgan fingerprint density at radius 1 is 0.653 bits per heavy atom. The normalized spacial score (nSPS) is 11.6. The number of rotatable bonds is 24. The van der Waals surface area contributed by atoms with E-state index in [9.17, 15) is 28.8 Å². The first kappa shape index (κ1) is 40.3. The van der Waals surface area contributed by atoms with Crippen LogP contribution in [0, 0.1) is 0 Å². The van der Waals surface area contributed by atoms with Crippen molar-refractivity contribution in [1.29, 1.82) is 0 Å². The molecule has 2 rings (SSSR count). The fourth-order valence-electron chi connectivity index (χ4n) is 4.75. The Morgan fingerprint density at radius 2 is 1.29 bits per heavy atom. The van der Waals surface area contributed by atoms with E-state index in [1.165, 1.54) is 4.90 Å².